The van der Waals surface area contributed by atoms with Gasteiger partial charge in [0.1, 0.15) is 18.8 Å². The van der Waals surface area contributed by atoms with Gasteiger partial charge in [-0.2, -0.15) is 0 Å². The van der Waals surface area contributed by atoms with Crippen LogP contribution in [0.4, 0.5) is 5.69 Å². The lowest BCUT2D eigenvalue weighted by molar-refractivity contribution is -0.116. The van der Waals surface area contributed by atoms with E-state index >= 15 is 0 Å². The van der Waals surface area contributed by atoms with E-state index in [-0.39, 0.29) is 17.9 Å². The summed E-state index contributed by atoms with van der Waals surface area (Å²) < 4.78 is 10.6. The average molecular weight is 284 g/mol. The minimum absolute atomic E-state index is 0.0403. The van der Waals surface area contributed by atoms with Crippen molar-refractivity contribution in [1.29, 1.82) is 0 Å². The molecule has 2 rings (SSSR count). The number of hydrogen-bond donors (Lipinski definition) is 0. The molecule has 0 saturated carbocycles. The van der Waals surface area contributed by atoms with Gasteiger partial charge >= 0.3 is 0 Å². The third-order valence-corrected chi connectivity index (χ3v) is 3.43. The molecule has 1 aromatic carbocycles. The lowest BCUT2D eigenvalue weighted by Crippen LogP contribution is -2.40. The molecule has 0 spiro atoms. The van der Waals surface area contributed by atoms with Crippen LogP contribution in [0, 0.1) is 13.8 Å². The second-order valence-corrected chi connectivity index (χ2v) is 4.92. The summed E-state index contributed by atoms with van der Waals surface area (Å²) in [6.07, 6.45) is -0.0915. The van der Waals surface area contributed by atoms with Gasteiger partial charge in [0.05, 0.1) is 13.2 Å². The first-order valence-electron chi connectivity index (χ1n) is 6.25. The van der Waals surface area contributed by atoms with Gasteiger partial charge in [-0.1, -0.05) is 18.2 Å². The van der Waals surface area contributed by atoms with Crippen LogP contribution in [0.15, 0.2) is 18.2 Å². The average Bonchev–Trinajstić information content (AvgIpc) is 2.89. The molecule has 104 valence electrons. The first-order chi connectivity index (χ1) is 9.13. The number of rotatable bonds is 4. The molecule has 5 heteroatoms. The Morgan fingerprint density at radius 1 is 1.42 bits per heavy atom. The Hall–Kier alpha value is -1.10. The summed E-state index contributed by atoms with van der Waals surface area (Å²) in [5.74, 6) is -0.156. The summed E-state index contributed by atoms with van der Waals surface area (Å²) in [6, 6.07) is 5.96. The monoisotopic (exact) mass is 283 g/mol. The van der Waals surface area contributed by atoms with Crippen molar-refractivity contribution in [2.75, 3.05) is 30.7 Å². The molecule has 19 heavy (non-hydrogen) atoms. The fourth-order valence-corrected chi connectivity index (χ4v) is 2.45. The van der Waals surface area contributed by atoms with E-state index in [2.05, 4.69) is 0 Å². The predicted molar refractivity (Wildman–Crippen MR) is 74.7 cm³/mol. The molecule has 1 unspecified atom stereocenters. The minimum Gasteiger partial charge on any atom is -0.353 e. The molecule has 1 heterocycles. The third kappa shape index (κ3) is 3.26. The van der Waals surface area contributed by atoms with Gasteiger partial charge in [-0.3, -0.25) is 4.79 Å². The fourth-order valence-electron chi connectivity index (χ4n) is 2.30. The van der Waals surface area contributed by atoms with E-state index in [1.54, 1.807) is 4.90 Å². The van der Waals surface area contributed by atoms with Crippen LogP contribution >= 0.6 is 11.6 Å². The maximum absolute atomic E-state index is 12.1. The van der Waals surface area contributed by atoms with Gasteiger partial charge < -0.3 is 14.4 Å². The third-order valence-electron chi connectivity index (χ3n) is 3.20. The Morgan fingerprint density at radius 3 is 2.63 bits per heavy atom. The maximum Gasteiger partial charge on any atom is 0.242 e. The lowest BCUT2D eigenvalue weighted by Gasteiger charge is -2.27. The van der Waals surface area contributed by atoms with Gasteiger partial charge in [-0.05, 0) is 25.0 Å². The lowest BCUT2D eigenvalue weighted by atomic mass is 10.1. The molecule has 0 aromatic heterocycles. The highest BCUT2D eigenvalue weighted by Crippen LogP contribution is 2.26. The summed E-state index contributed by atoms with van der Waals surface area (Å²) in [7, 11) is 0. The molecule has 1 amide bonds. The van der Waals surface area contributed by atoms with E-state index in [4.69, 9.17) is 21.1 Å². The summed E-state index contributed by atoms with van der Waals surface area (Å²) in [5.41, 5.74) is 3.03. The van der Waals surface area contributed by atoms with Crippen molar-refractivity contribution in [3.05, 3.63) is 29.3 Å². The number of para-hydroxylation sites is 1. The van der Waals surface area contributed by atoms with Crippen molar-refractivity contribution in [3.63, 3.8) is 0 Å². The van der Waals surface area contributed by atoms with E-state index < -0.39 is 0 Å². The number of ether oxygens (including phenoxy) is 2. The number of aryl methyl sites for hydroxylation is 2. The molecule has 1 aromatic rings. The van der Waals surface area contributed by atoms with E-state index in [0.717, 1.165) is 16.8 Å². The van der Waals surface area contributed by atoms with E-state index in [1.807, 2.05) is 32.0 Å². The normalized spacial score (nSPS) is 18.6. The first kappa shape index (κ1) is 14.3. The Kier molecular flexibility index (Phi) is 4.80. The van der Waals surface area contributed by atoms with Gasteiger partial charge in [-0.15, -0.1) is 11.6 Å². The SMILES string of the molecule is Cc1cccc(C)c1N(CC1COCO1)C(=O)CCl. The molecule has 0 radical (unpaired) electrons. The van der Waals surface area contributed by atoms with Crippen LogP contribution in [0.1, 0.15) is 11.1 Å². The van der Waals surface area contributed by atoms with Crippen molar-refractivity contribution in [1.82, 2.24) is 0 Å². The number of carbonyl (C=O) groups is 1. The highest BCUT2D eigenvalue weighted by atomic mass is 35.5. The van der Waals surface area contributed by atoms with E-state index in [1.165, 1.54) is 0 Å². The number of anilines is 1. The smallest absolute Gasteiger partial charge is 0.242 e. The molecule has 4 nitrogen and oxygen atoms in total. The fraction of sp³-hybridized carbons (Fsp3) is 0.500. The van der Waals surface area contributed by atoms with Gasteiger partial charge in [0.15, 0.2) is 0 Å². The van der Waals surface area contributed by atoms with Crippen LogP contribution in [0.5, 0.6) is 0 Å². The molecule has 1 atom stereocenters. The zero-order valence-corrected chi connectivity index (χ0v) is 11.9. The number of carbonyl (C=O) groups excluding carboxylic acids is 1. The number of alkyl halides is 1. The summed E-state index contributed by atoms with van der Waals surface area (Å²) in [5, 5.41) is 0. The molecular formula is C14H18ClNO3. The molecule has 1 aliphatic rings. The molecule has 1 aliphatic heterocycles. The van der Waals surface area contributed by atoms with Crippen molar-refractivity contribution < 1.29 is 14.3 Å². The van der Waals surface area contributed by atoms with Crippen LogP contribution < -0.4 is 4.90 Å². The summed E-state index contributed by atoms with van der Waals surface area (Å²) in [6.45, 7) is 5.25. The molecule has 1 saturated heterocycles. The zero-order valence-electron chi connectivity index (χ0n) is 11.2. The Bertz CT molecular complexity index is 438. The number of benzene rings is 1. The van der Waals surface area contributed by atoms with Gasteiger partial charge in [-0.25, -0.2) is 0 Å². The number of nitrogens with zero attached hydrogens (tertiary/aromatic N) is 1. The second kappa shape index (κ2) is 6.37. The highest BCUT2D eigenvalue weighted by molar-refractivity contribution is 6.29. The number of halogens is 1. The van der Waals surface area contributed by atoms with Gasteiger partial charge in [0.2, 0.25) is 5.91 Å². The van der Waals surface area contributed by atoms with Crippen LogP contribution in [0.2, 0.25) is 0 Å². The topological polar surface area (TPSA) is 38.8 Å². The van der Waals surface area contributed by atoms with E-state index in [9.17, 15) is 4.79 Å². The zero-order chi connectivity index (χ0) is 13.8. The van der Waals surface area contributed by atoms with Crippen molar-refractivity contribution in [2.24, 2.45) is 0 Å². The quantitative estimate of drug-likeness (QED) is 0.796. The summed E-state index contributed by atoms with van der Waals surface area (Å²) >= 11 is 5.72. The maximum atomic E-state index is 12.1. The standard InChI is InChI=1S/C14H18ClNO3/c1-10-4-3-5-11(2)14(10)16(13(17)6-15)7-12-8-18-9-19-12/h3-5,12H,6-9H2,1-2H3. The van der Waals surface area contributed by atoms with Crippen molar-refractivity contribution in [2.45, 2.75) is 20.0 Å². The number of hydrogen-bond acceptors (Lipinski definition) is 3. The van der Waals surface area contributed by atoms with Gasteiger partial charge in [0, 0.05) is 5.69 Å². The molecule has 0 bridgehead atoms. The first-order valence-corrected chi connectivity index (χ1v) is 6.79. The van der Waals surface area contributed by atoms with Gasteiger partial charge in [0.25, 0.3) is 0 Å². The Morgan fingerprint density at radius 2 is 2.11 bits per heavy atom. The Labute approximate surface area is 118 Å². The van der Waals surface area contributed by atoms with E-state index in [0.29, 0.717) is 19.9 Å². The van der Waals surface area contributed by atoms with Crippen LogP contribution in [0.3, 0.4) is 0 Å². The van der Waals surface area contributed by atoms with Crippen molar-refractivity contribution >= 4 is 23.2 Å². The Balaban J connectivity index is 2.28. The minimum atomic E-state index is -0.116. The van der Waals surface area contributed by atoms with Crippen LogP contribution in [0.25, 0.3) is 0 Å². The predicted octanol–water partition coefficient (Wildman–Crippen LogP) is 2.25. The van der Waals surface area contributed by atoms with Crippen LogP contribution in [-0.4, -0.2) is 37.8 Å². The largest absolute Gasteiger partial charge is 0.353 e. The highest BCUT2D eigenvalue weighted by Gasteiger charge is 2.25. The molecular weight excluding hydrogens is 266 g/mol. The second-order valence-electron chi connectivity index (χ2n) is 4.66. The van der Waals surface area contributed by atoms with Crippen molar-refractivity contribution in [3.8, 4) is 0 Å². The number of amides is 1. The molecule has 1 fully saturated rings. The molecule has 0 aliphatic carbocycles. The van der Waals surface area contributed by atoms with Crippen LogP contribution in [-0.2, 0) is 14.3 Å². The molecule has 0 N–H and O–H groups in total. The summed E-state index contributed by atoms with van der Waals surface area (Å²) in [4.78, 5) is 13.8.